The number of nitrogen functional groups attached to an aromatic ring is 2. The second-order valence-corrected chi connectivity index (χ2v) is 28.5. The van der Waals surface area contributed by atoms with Crippen LogP contribution in [0.4, 0.5) is 17.5 Å². The highest BCUT2D eigenvalue weighted by Gasteiger charge is 2.54. The highest BCUT2D eigenvalue weighted by atomic mass is 32.5. The van der Waals surface area contributed by atoms with E-state index in [2.05, 4.69) is 40.2 Å². The highest BCUT2D eigenvalue weighted by molar-refractivity contribution is 8.07. The van der Waals surface area contributed by atoms with Crippen LogP contribution in [0.3, 0.4) is 0 Å². The molecule has 0 amide bonds. The summed E-state index contributed by atoms with van der Waals surface area (Å²) in [4.78, 5) is 110. The Bertz CT molecular complexity index is 3850. The Morgan fingerprint density at radius 2 is 1.38 bits per heavy atom. The minimum absolute atomic E-state index is 0.0103. The molecule has 19 atom stereocenters. The number of anilines is 3. The van der Waals surface area contributed by atoms with Crippen LogP contribution in [0.2, 0.25) is 0 Å². The van der Waals surface area contributed by atoms with E-state index in [1.807, 2.05) is 0 Å². The zero-order chi connectivity index (χ0) is 64.8. The summed E-state index contributed by atoms with van der Waals surface area (Å²) in [6.07, 6.45) is -14.4. The lowest BCUT2D eigenvalue weighted by molar-refractivity contribution is -0.0605. The molecule has 4 saturated heterocycles. The molecule has 0 aromatic carbocycles. The molecule has 10 rings (SSSR count). The van der Waals surface area contributed by atoms with Crippen molar-refractivity contribution in [1.29, 1.82) is 0 Å². The summed E-state index contributed by atoms with van der Waals surface area (Å²) < 4.78 is 122. The van der Waals surface area contributed by atoms with Crippen LogP contribution in [0.25, 0.3) is 11.2 Å². The lowest BCUT2D eigenvalue weighted by atomic mass is 10.1. The number of nitrogens with two attached hydrogens (primary N) is 4. The largest absolute Gasteiger partial charge is 0.472 e. The zero-order valence-electron chi connectivity index (χ0n) is 47.7. The topological polar surface area (TPSA) is 544 Å². The van der Waals surface area contributed by atoms with E-state index in [0.29, 0.717) is 0 Å². The van der Waals surface area contributed by atoms with Crippen LogP contribution in [0.5, 0.6) is 0 Å². The van der Waals surface area contributed by atoms with Crippen molar-refractivity contribution in [3.05, 3.63) is 80.0 Å². The van der Waals surface area contributed by atoms with Crippen molar-refractivity contribution in [3.63, 3.8) is 0 Å². The monoisotopic (exact) mass is 1380 g/mol. The second kappa shape index (κ2) is 27.0. The molecule has 4 fully saturated rings. The Hall–Kier alpha value is -4.85. The van der Waals surface area contributed by atoms with E-state index in [9.17, 15) is 48.2 Å². The van der Waals surface area contributed by atoms with Gasteiger partial charge in [0.25, 0.3) is 5.56 Å². The maximum atomic E-state index is 14.3. The standard InChI is InChI=1S/C43H62N16O24P4S2/c1-18-11-57(43(63)55-38(18)61)27-10-21(80-84(64,65)72-8-7-60)22(77-27)12-73-85(66,67)82-30-23(78-40(32(30)70-3)59-17-51-29-35(46)53-41(47)54-37(29)59)13-75-87(69,89)83-31-24(79-39(33(31)71-4)58-16-50-28-34(45)48-15-49-36(28)58)14-74-86(68,88)81-20-9-26(76-19(20)2)56-6-5-25(44)52-42(56)62/h5-6,11,15-17,19-24,26-27,30-33,35,39-40,60H,7-10,12-14,46H2,1-4H3,(H,64,65)(H,66,67)(H,68,88)(H,69,89)(H2,44,52,62)(H2,45,48,49)(H3,47,53,54)(H,55,61,63)/t19-,20?,21?,22-,23-,24-,26-,27-,30?,31?,32+,33+,35?,39-,40-,86?,87?/m1/s1/i2D. The van der Waals surface area contributed by atoms with Gasteiger partial charge in [0.2, 0.25) is 0 Å². The maximum absolute atomic E-state index is 14.3. The third-order valence-corrected chi connectivity index (χ3v) is 19.4. The molecule has 89 heavy (non-hydrogen) atoms. The van der Waals surface area contributed by atoms with E-state index >= 15 is 0 Å². The van der Waals surface area contributed by atoms with Crippen LogP contribution in [-0.4, -0.2) is 187 Å². The van der Waals surface area contributed by atoms with Gasteiger partial charge in [-0.05, 0) is 43.5 Å². The highest BCUT2D eigenvalue weighted by Crippen LogP contribution is 2.56. The number of guanidine groups is 1. The number of aliphatic hydroxyl groups excluding tert-OH is 1. The van der Waals surface area contributed by atoms with E-state index in [0.717, 1.165) is 15.3 Å². The summed E-state index contributed by atoms with van der Waals surface area (Å²) in [5, 5.41) is 12.1. The van der Waals surface area contributed by atoms with E-state index in [4.69, 9.17) is 113 Å². The molecular weight excluding hydrogens is 1310 g/mol. The number of phosphoric ester groups is 2. The van der Waals surface area contributed by atoms with Crippen LogP contribution >= 0.6 is 29.1 Å². The number of nitrogens with zero attached hydrogens (tertiary/aromatic N) is 10. The number of aliphatic imine (C=N–C) groups is 1. The first kappa shape index (κ1) is 65.6. The number of aromatic nitrogens is 10. The molecular formula is C43H62N16O24P4S2. The Labute approximate surface area is 512 Å². The molecule has 46 heteroatoms. The number of ether oxygens (including phenoxy) is 6. The fraction of sp³-hybridized carbons (Fsp3) is 0.605. The molecule has 5 aliphatic rings. The van der Waals surface area contributed by atoms with Gasteiger partial charge in [-0.15, -0.1) is 0 Å². The average molecular weight is 1380 g/mol. The molecule has 0 bridgehead atoms. The third-order valence-electron chi connectivity index (χ3n) is 14.3. The molecule has 490 valence electrons. The number of hydrogen-bond donors (Lipinski definition) is 11. The fourth-order valence-electron chi connectivity index (χ4n) is 10.2. The predicted octanol–water partition coefficient (Wildman–Crippen LogP) is -1.65. The van der Waals surface area contributed by atoms with E-state index < -0.39 is 178 Å². The number of nitrogens with one attached hydrogen (secondary N) is 2. The second-order valence-electron chi connectivity index (χ2n) is 20.1. The number of phosphoric acid groups is 2. The molecule has 0 saturated carbocycles. The first-order valence-electron chi connectivity index (χ1n) is 27.0. The van der Waals surface area contributed by atoms with Gasteiger partial charge in [0, 0.05) is 46.4 Å². The molecule has 0 spiro atoms. The number of aromatic amines is 1. The smallest absolute Gasteiger partial charge is 0.394 e. The van der Waals surface area contributed by atoms with Crippen molar-refractivity contribution in [3.8, 4) is 0 Å². The SMILES string of the molecule is [2H]C[C@H]1O[C@@H](n2ccc(N)nc2=O)CC1OP(O)(=S)OC[C@H]1O[C@@H](n2cnc3c(N)ncnc32)[C@@H](OC)C1OP(O)(=S)OC[C@H]1O[C@@H](n2cnc3c2NC(N)=NC3N)[C@@H](OC)C1OP(=O)(O)OC[C@H]1O[C@@H](n2cc(C)c(=O)[nH]c2=O)CC1OP(=O)(O)OCCO. The minimum Gasteiger partial charge on any atom is -0.394 e. The minimum atomic E-state index is -5.48. The summed E-state index contributed by atoms with van der Waals surface area (Å²) in [6.45, 7) is -11.9. The van der Waals surface area contributed by atoms with Gasteiger partial charge in [-0.1, -0.05) is 0 Å². The Balaban J connectivity index is 0.897. The first-order valence-corrected chi connectivity index (χ1v) is 34.5. The molecule has 9 unspecified atom stereocenters. The summed E-state index contributed by atoms with van der Waals surface area (Å²) in [6, 6.07) is 1.37. The number of H-pyrrole nitrogens is 1. The number of aliphatic hydroxyl groups is 1. The van der Waals surface area contributed by atoms with Crippen molar-refractivity contribution in [2.24, 2.45) is 16.5 Å². The van der Waals surface area contributed by atoms with Gasteiger partial charge in [-0.3, -0.25) is 50.7 Å². The van der Waals surface area contributed by atoms with E-state index in [-0.39, 0.29) is 59.2 Å². The normalized spacial score (nSPS) is 31.5. The summed E-state index contributed by atoms with van der Waals surface area (Å²) in [5.41, 5.74) is 22.2. The van der Waals surface area contributed by atoms with Crippen LogP contribution < -0.4 is 45.2 Å². The number of hydrogen-bond acceptors (Lipinski definition) is 33. The van der Waals surface area contributed by atoms with Gasteiger partial charge in [-0.25, -0.2) is 43.6 Å². The fourth-order valence-corrected chi connectivity index (χ4v) is 15.0. The number of fused-ring (bicyclic) bond motifs is 2. The molecule has 5 aromatic heterocycles. The summed E-state index contributed by atoms with van der Waals surface area (Å²) >= 11 is 11.1. The van der Waals surface area contributed by atoms with Crippen LogP contribution in [0, 0.1) is 6.92 Å². The quantitative estimate of drug-likeness (QED) is 0.0276. The average Bonchev–Trinajstić information content (AvgIpc) is 1.64. The van der Waals surface area contributed by atoms with Gasteiger partial charge in [-0.2, -0.15) is 4.98 Å². The molecule has 0 radical (unpaired) electrons. The Morgan fingerprint density at radius 1 is 0.753 bits per heavy atom. The number of rotatable bonds is 26. The van der Waals surface area contributed by atoms with E-state index in [1.54, 1.807) is 0 Å². The molecule has 40 nitrogen and oxygen atoms in total. The van der Waals surface area contributed by atoms with Crippen molar-refractivity contribution in [1.82, 2.24) is 48.2 Å². The van der Waals surface area contributed by atoms with E-state index in [1.165, 1.54) is 61.5 Å². The molecule has 15 N–H and O–H groups in total. The van der Waals surface area contributed by atoms with Crippen molar-refractivity contribution >= 4 is 87.3 Å². The molecule has 5 aliphatic heterocycles. The Morgan fingerprint density at radius 3 is 2.06 bits per heavy atom. The number of imidazole rings is 2. The molecule has 0 aliphatic carbocycles. The van der Waals surface area contributed by atoms with Crippen molar-refractivity contribution in [2.45, 2.75) is 119 Å². The lowest BCUT2D eigenvalue weighted by Crippen LogP contribution is -2.39. The molecule has 5 aromatic rings. The third kappa shape index (κ3) is 15.0. The maximum Gasteiger partial charge on any atom is 0.472 e. The van der Waals surface area contributed by atoms with Crippen LogP contribution in [0.15, 0.2) is 56.8 Å². The van der Waals surface area contributed by atoms with Crippen molar-refractivity contribution in [2.75, 3.05) is 64.0 Å². The predicted molar refractivity (Wildman–Crippen MR) is 308 cm³/mol. The Kier molecular flexibility index (Phi) is 19.9. The van der Waals surface area contributed by atoms with Gasteiger partial charge in [0.05, 0.1) is 57.9 Å². The lowest BCUT2D eigenvalue weighted by Gasteiger charge is -2.29. The first-order chi connectivity index (χ1) is 42.6. The zero-order valence-corrected chi connectivity index (χ0v) is 51.9. The summed E-state index contributed by atoms with van der Waals surface area (Å²) in [7, 11) is -8.00. The van der Waals surface area contributed by atoms with Crippen LogP contribution in [-0.2, 0) is 97.4 Å². The molecule has 10 heterocycles. The van der Waals surface area contributed by atoms with Gasteiger partial charge >= 0.3 is 40.5 Å². The van der Waals surface area contributed by atoms with Gasteiger partial charge in [0.1, 0.15) is 96.6 Å². The van der Waals surface area contributed by atoms with Crippen LogP contribution in [0.1, 0.15) is 63.4 Å². The van der Waals surface area contributed by atoms with Gasteiger partial charge < -0.3 is 94.9 Å². The number of aryl methyl sites for hydroxylation is 1. The van der Waals surface area contributed by atoms with Crippen molar-refractivity contribution < 1.29 is 99.8 Å². The van der Waals surface area contributed by atoms with Gasteiger partial charge in [0.15, 0.2) is 29.9 Å². The number of methoxy groups -OCH3 is 2. The summed E-state index contributed by atoms with van der Waals surface area (Å²) in [5.74, 6) is 0.00405.